The van der Waals surface area contributed by atoms with Crippen LogP contribution in [0, 0.1) is 0 Å². The molecule has 2 saturated heterocycles. The number of urea groups is 1. The number of hydrogen-bond acceptors (Lipinski definition) is 5. The second-order valence-electron chi connectivity index (χ2n) is 8.06. The molecule has 3 amide bonds. The highest BCUT2D eigenvalue weighted by Crippen LogP contribution is 2.41. The number of imide groups is 1. The zero-order valence-corrected chi connectivity index (χ0v) is 16.8. The highest BCUT2D eigenvalue weighted by molar-refractivity contribution is 6.08. The number of benzene rings is 2. The topological polar surface area (TPSA) is 71.1 Å². The monoisotopic (exact) mass is 407 g/mol. The number of carbonyl (C=O) groups is 2. The molecule has 3 aliphatic heterocycles. The number of nitrogens with one attached hydrogen (secondary N) is 1. The van der Waals surface area contributed by atoms with Gasteiger partial charge in [0.2, 0.25) is 0 Å². The second kappa shape index (κ2) is 7.74. The summed E-state index contributed by atoms with van der Waals surface area (Å²) >= 11 is 0. The van der Waals surface area contributed by atoms with E-state index in [1.807, 2.05) is 42.5 Å². The average Bonchev–Trinajstić information content (AvgIpc) is 3.00. The lowest BCUT2D eigenvalue weighted by atomic mass is 9.84. The number of fused-ring (bicyclic) bond motifs is 2. The van der Waals surface area contributed by atoms with Crippen molar-refractivity contribution in [2.75, 3.05) is 32.8 Å². The summed E-state index contributed by atoms with van der Waals surface area (Å²) in [7, 11) is 0. The molecule has 0 radical (unpaired) electrons. The van der Waals surface area contributed by atoms with Crippen LogP contribution in [0.2, 0.25) is 0 Å². The van der Waals surface area contributed by atoms with Crippen molar-refractivity contribution in [3.8, 4) is 5.75 Å². The molecule has 0 aliphatic carbocycles. The zero-order chi connectivity index (χ0) is 20.6. The van der Waals surface area contributed by atoms with Gasteiger partial charge < -0.3 is 14.8 Å². The van der Waals surface area contributed by atoms with Crippen LogP contribution in [0.15, 0.2) is 54.6 Å². The van der Waals surface area contributed by atoms with E-state index in [1.54, 1.807) is 0 Å². The molecule has 156 valence electrons. The number of carbonyl (C=O) groups excluding carboxylic acids is 2. The Morgan fingerprint density at radius 3 is 2.70 bits per heavy atom. The predicted octanol–water partition coefficient (Wildman–Crippen LogP) is 2.12. The Morgan fingerprint density at radius 1 is 1.03 bits per heavy atom. The van der Waals surface area contributed by atoms with Gasteiger partial charge in [0.1, 0.15) is 5.75 Å². The lowest BCUT2D eigenvalue weighted by Gasteiger charge is -2.35. The van der Waals surface area contributed by atoms with Gasteiger partial charge in [-0.1, -0.05) is 48.5 Å². The van der Waals surface area contributed by atoms with Crippen LogP contribution in [-0.2, 0) is 21.6 Å². The van der Waals surface area contributed by atoms with Crippen molar-refractivity contribution in [3.05, 3.63) is 65.7 Å². The van der Waals surface area contributed by atoms with Crippen LogP contribution in [0.1, 0.15) is 17.5 Å². The summed E-state index contributed by atoms with van der Waals surface area (Å²) in [5, 5.41) is 2.95. The fourth-order valence-electron chi connectivity index (χ4n) is 4.62. The summed E-state index contributed by atoms with van der Waals surface area (Å²) in [5.41, 5.74) is 0.933. The summed E-state index contributed by atoms with van der Waals surface area (Å²) in [6.07, 6.45) is 0.221. The molecule has 0 aromatic heterocycles. The fourth-order valence-corrected chi connectivity index (χ4v) is 4.62. The molecule has 0 bridgehead atoms. The van der Waals surface area contributed by atoms with E-state index in [1.165, 1.54) is 10.5 Å². The molecule has 7 heteroatoms. The van der Waals surface area contributed by atoms with Crippen molar-refractivity contribution in [1.29, 1.82) is 0 Å². The molecule has 3 heterocycles. The Balaban J connectivity index is 1.30. The van der Waals surface area contributed by atoms with Gasteiger partial charge >= 0.3 is 6.03 Å². The van der Waals surface area contributed by atoms with Crippen LogP contribution in [0.25, 0.3) is 0 Å². The third kappa shape index (κ3) is 3.34. The van der Waals surface area contributed by atoms with Crippen LogP contribution in [0.3, 0.4) is 0 Å². The SMILES string of the molecule is O=C1N[C@]2(CCOc3ccccc32)C(=O)N1C[C@H]1CN(Cc2ccccc2)CCO1. The number of rotatable bonds is 4. The molecule has 0 unspecified atom stereocenters. The number of amides is 3. The zero-order valence-electron chi connectivity index (χ0n) is 16.8. The summed E-state index contributed by atoms with van der Waals surface area (Å²) in [4.78, 5) is 29.8. The molecule has 2 aromatic carbocycles. The molecule has 7 nitrogen and oxygen atoms in total. The summed E-state index contributed by atoms with van der Waals surface area (Å²) in [6.45, 7) is 3.57. The Bertz CT molecular complexity index is 950. The Kier molecular flexibility index (Phi) is 4.92. The van der Waals surface area contributed by atoms with Crippen molar-refractivity contribution in [3.63, 3.8) is 0 Å². The number of morpholine rings is 1. The lowest BCUT2D eigenvalue weighted by Crippen LogP contribution is -2.50. The van der Waals surface area contributed by atoms with Crippen LogP contribution >= 0.6 is 0 Å². The predicted molar refractivity (Wildman–Crippen MR) is 110 cm³/mol. The van der Waals surface area contributed by atoms with Crippen molar-refractivity contribution in [2.24, 2.45) is 0 Å². The van der Waals surface area contributed by atoms with Crippen LogP contribution in [-0.4, -0.2) is 60.7 Å². The molecule has 2 aromatic rings. The van der Waals surface area contributed by atoms with Gasteiger partial charge in [-0.25, -0.2) is 4.79 Å². The smallest absolute Gasteiger partial charge is 0.325 e. The van der Waals surface area contributed by atoms with E-state index in [2.05, 4.69) is 22.3 Å². The molecule has 30 heavy (non-hydrogen) atoms. The first-order valence-electron chi connectivity index (χ1n) is 10.4. The largest absolute Gasteiger partial charge is 0.493 e. The highest BCUT2D eigenvalue weighted by atomic mass is 16.5. The Hall–Kier alpha value is -2.90. The minimum absolute atomic E-state index is 0.206. The number of para-hydroxylation sites is 1. The molecule has 3 aliphatic rings. The molecular formula is C23H25N3O4. The first-order chi connectivity index (χ1) is 14.7. The summed E-state index contributed by atoms with van der Waals surface area (Å²) in [6, 6.07) is 17.4. The molecule has 1 spiro atoms. The molecular weight excluding hydrogens is 382 g/mol. The van der Waals surface area contributed by atoms with Gasteiger partial charge in [-0.3, -0.25) is 14.6 Å². The Labute approximate surface area is 175 Å². The maximum absolute atomic E-state index is 13.4. The third-order valence-corrected chi connectivity index (χ3v) is 6.12. The summed E-state index contributed by atoms with van der Waals surface area (Å²) < 4.78 is 11.6. The minimum atomic E-state index is -1.04. The second-order valence-corrected chi connectivity index (χ2v) is 8.06. The van der Waals surface area contributed by atoms with Crippen molar-refractivity contribution in [2.45, 2.75) is 24.6 Å². The van der Waals surface area contributed by atoms with E-state index in [0.717, 1.165) is 18.7 Å². The number of ether oxygens (including phenoxy) is 2. The van der Waals surface area contributed by atoms with Gasteiger partial charge in [-0.05, 0) is 11.6 Å². The van der Waals surface area contributed by atoms with E-state index in [0.29, 0.717) is 31.9 Å². The number of nitrogens with zero attached hydrogens (tertiary/aromatic N) is 2. The average molecular weight is 407 g/mol. The Morgan fingerprint density at radius 2 is 1.83 bits per heavy atom. The third-order valence-electron chi connectivity index (χ3n) is 6.12. The van der Waals surface area contributed by atoms with Crippen LogP contribution in [0.4, 0.5) is 4.79 Å². The molecule has 0 saturated carbocycles. The van der Waals surface area contributed by atoms with Gasteiger partial charge in [0.05, 0.1) is 25.9 Å². The van der Waals surface area contributed by atoms with Gasteiger partial charge in [0.15, 0.2) is 5.54 Å². The molecule has 5 rings (SSSR count). The lowest BCUT2D eigenvalue weighted by molar-refractivity contribution is -0.135. The van der Waals surface area contributed by atoms with Crippen molar-refractivity contribution >= 4 is 11.9 Å². The number of hydrogen-bond donors (Lipinski definition) is 1. The van der Waals surface area contributed by atoms with Crippen molar-refractivity contribution in [1.82, 2.24) is 15.1 Å². The maximum Gasteiger partial charge on any atom is 0.325 e. The van der Waals surface area contributed by atoms with Gasteiger partial charge in [0.25, 0.3) is 5.91 Å². The standard InChI is InChI=1S/C23H25N3O4/c27-21-23(10-12-30-20-9-5-4-8-19(20)23)24-22(28)26(21)16-18-15-25(11-13-29-18)14-17-6-2-1-3-7-17/h1-9,18H,10-16H2,(H,24,28)/t18-,23+/m1/s1. The van der Waals surface area contributed by atoms with Gasteiger partial charge in [-0.2, -0.15) is 0 Å². The van der Waals surface area contributed by atoms with Gasteiger partial charge in [0, 0.05) is 31.6 Å². The molecule has 1 N–H and O–H groups in total. The van der Waals surface area contributed by atoms with E-state index in [4.69, 9.17) is 9.47 Å². The quantitative estimate of drug-likeness (QED) is 0.787. The van der Waals surface area contributed by atoms with Crippen LogP contribution < -0.4 is 10.1 Å². The summed E-state index contributed by atoms with van der Waals surface area (Å²) in [5.74, 6) is 0.439. The van der Waals surface area contributed by atoms with E-state index < -0.39 is 5.54 Å². The van der Waals surface area contributed by atoms with Gasteiger partial charge in [-0.15, -0.1) is 0 Å². The van der Waals surface area contributed by atoms with E-state index in [9.17, 15) is 9.59 Å². The molecule has 2 atom stereocenters. The fraction of sp³-hybridized carbons (Fsp3) is 0.391. The minimum Gasteiger partial charge on any atom is -0.493 e. The van der Waals surface area contributed by atoms with E-state index in [-0.39, 0.29) is 24.6 Å². The van der Waals surface area contributed by atoms with Crippen LogP contribution in [0.5, 0.6) is 5.75 Å². The molecule has 2 fully saturated rings. The first kappa shape index (κ1) is 19.1. The van der Waals surface area contributed by atoms with E-state index >= 15 is 0 Å². The van der Waals surface area contributed by atoms with Crippen molar-refractivity contribution < 1.29 is 19.1 Å². The highest BCUT2D eigenvalue weighted by Gasteiger charge is 2.55. The normalized spacial score (nSPS) is 26.4. The maximum atomic E-state index is 13.4. The first-order valence-corrected chi connectivity index (χ1v) is 10.4.